The predicted molar refractivity (Wildman–Crippen MR) is 93.6 cm³/mol. The zero-order chi connectivity index (χ0) is 16.1. The van der Waals surface area contributed by atoms with Gasteiger partial charge >= 0.3 is 0 Å². The smallest absolute Gasteiger partial charge is 0.251 e. The van der Waals surface area contributed by atoms with Gasteiger partial charge in [-0.15, -0.1) is 0 Å². The summed E-state index contributed by atoms with van der Waals surface area (Å²) in [6, 6.07) is 8.26. The van der Waals surface area contributed by atoms with Gasteiger partial charge < -0.3 is 9.88 Å². The van der Waals surface area contributed by atoms with Gasteiger partial charge in [-0.2, -0.15) is 0 Å². The second-order valence-electron chi connectivity index (χ2n) is 6.12. The lowest BCUT2D eigenvalue weighted by molar-refractivity contribution is 0.0927. The van der Waals surface area contributed by atoms with Crippen LogP contribution in [-0.4, -0.2) is 21.5 Å². The van der Waals surface area contributed by atoms with Crippen molar-refractivity contribution in [2.75, 3.05) is 0 Å². The highest BCUT2D eigenvalue weighted by atomic mass is 32.2. The molecule has 23 heavy (non-hydrogen) atoms. The third kappa shape index (κ3) is 4.38. The van der Waals surface area contributed by atoms with Crippen LogP contribution < -0.4 is 5.32 Å². The lowest BCUT2D eigenvalue weighted by atomic mass is 9.95. The van der Waals surface area contributed by atoms with E-state index in [0.717, 1.165) is 34.9 Å². The summed E-state index contributed by atoms with van der Waals surface area (Å²) >= 11 is 1.68. The van der Waals surface area contributed by atoms with Gasteiger partial charge in [0.25, 0.3) is 5.91 Å². The van der Waals surface area contributed by atoms with Crippen molar-refractivity contribution in [1.29, 1.82) is 0 Å². The molecule has 0 radical (unpaired) electrons. The number of hydrogen-bond donors (Lipinski definition) is 1. The highest BCUT2D eigenvalue weighted by molar-refractivity contribution is 7.98. The highest BCUT2D eigenvalue weighted by Crippen LogP contribution is 2.21. The van der Waals surface area contributed by atoms with Crippen LogP contribution in [0.15, 0.2) is 41.8 Å². The number of rotatable bonds is 5. The Labute approximate surface area is 141 Å². The number of benzene rings is 1. The summed E-state index contributed by atoms with van der Waals surface area (Å²) in [4.78, 5) is 16.7. The molecule has 5 heteroatoms. The summed E-state index contributed by atoms with van der Waals surface area (Å²) in [6.45, 7) is 0. The van der Waals surface area contributed by atoms with Gasteiger partial charge in [-0.05, 0) is 30.5 Å². The minimum absolute atomic E-state index is 0.0562. The number of amides is 1. The fourth-order valence-electron chi connectivity index (χ4n) is 2.96. The van der Waals surface area contributed by atoms with Gasteiger partial charge in [0, 0.05) is 36.8 Å². The summed E-state index contributed by atoms with van der Waals surface area (Å²) in [7, 11) is 1.99. The second kappa shape index (κ2) is 7.68. The van der Waals surface area contributed by atoms with Crippen LogP contribution in [0.2, 0.25) is 0 Å². The Kier molecular flexibility index (Phi) is 5.39. The monoisotopic (exact) mass is 329 g/mol. The second-order valence-corrected chi connectivity index (χ2v) is 7.06. The van der Waals surface area contributed by atoms with Crippen LogP contribution in [-0.2, 0) is 12.8 Å². The Morgan fingerprint density at radius 3 is 2.91 bits per heavy atom. The summed E-state index contributed by atoms with van der Waals surface area (Å²) in [6.07, 6.45) is 9.72. The topological polar surface area (TPSA) is 46.9 Å². The third-order valence-electron chi connectivity index (χ3n) is 4.27. The number of hydrogen-bond acceptors (Lipinski definition) is 3. The largest absolute Gasteiger partial charge is 0.349 e. The number of nitrogens with zero attached hydrogens (tertiary/aromatic N) is 2. The first-order chi connectivity index (χ1) is 11.2. The molecular weight excluding hydrogens is 306 g/mol. The van der Waals surface area contributed by atoms with Crippen LogP contribution in [0, 0.1) is 0 Å². The average molecular weight is 329 g/mol. The van der Waals surface area contributed by atoms with E-state index in [-0.39, 0.29) is 5.91 Å². The highest BCUT2D eigenvalue weighted by Gasteiger charge is 2.16. The van der Waals surface area contributed by atoms with E-state index in [1.165, 1.54) is 19.3 Å². The molecule has 4 nitrogen and oxygen atoms in total. The molecule has 3 rings (SSSR count). The first-order valence-electron chi connectivity index (χ1n) is 8.22. The molecule has 1 amide bonds. The van der Waals surface area contributed by atoms with E-state index in [1.807, 2.05) is 36.0 Å². The van der Waals surface area contributed by atoms with E-state index >= 15 is 0 Å². The summed E-state index contributed by atoms with van der Waals surface area (Å²) < 4.78 is 2.00. The minimum Gasteiger partial charge on any atom is -0.349 e. The standard InChI is InChI=1S/C18H23N3OS/c1-21-11-10-19-18(21)23-13-14-6-5-7-15(12-14)17(22)20-16-8-3-2-4-9-16/h5-7,10-12,16H,2-4,8-9,13H2,1H3,(H,20,22). The molecule has 1 fully saturated rings. The van der Waals surface area contributed by atoms with Crippen LogP contribution in [0.25, 0.3) is 0 Å². The molecule has 1 aromatic heterocycles. The van der Waals surface area contributed by atoms with E-state index in [2.05, 4.69) is 16.4 Å². The first kappa shape index (κ1) is 16.1. The van der Waals surface area contributed by atoms with Crippen LogP contribution in [0.5, 0.6) is 0 Å². The van der Waals surface area contributed by atoms with Gasteiger partial charge in [0.2, 0.25) is 0 Å². The molecule has 1 aliphatic carbocycles. The molecule has 0 atom stereocenters. The number of carbonyl (C=O) groups is 1. The van der Waals surface area contributed by atoms with Crippen molar-refractivity contribution in [1.82, 2.24) is 14.9 Å². The minimum atomic E-state index is 0.0562. The maximum atomic E-state index is 12.4. The number of nitrogens with one attached hydrogen (secondary N) is 1. The van der Waals surface area contributed by atoms with Crippen molar-refractivity contribution < 1.29 is 4.79 Å². The molecular formula is C18H23N3OS. The Morgan fingerprint density at radius 1 is 1.35 bits per heavy atom. The molecule has 0 bridgehead atoms. The normalized spacial score (nSPS) is 15.5. The van der Waals surface area contributed by atoms with Gasteiger partial charge in [-0.3, -0.25) is 4.79 Å². The van der Waals surface area contributed by atoms with Gasteiger partial charge in [0.05, 0.1) is 0 Å². The van der Waals surface area contributed by atoms with Crippen LogP contribution in [0.4, 0.5) is 0 Å². The SMILES string of the molecule is Cn1ccnc1SCc1cccc(C(=O)NC2CCCCC2)c1. The number of aromatic nitrogens is 2. The molecule has 0 spiro atoms. The quantitative estimate of drug-likeness (QED) is 0.849. The predicted octanol–water partition coefficient (Wildman–Crippen LogP) is 3.77. The summed E-state index contributed by atoms with van der Waals surface area (Å²) in [5, 5.41) is 4.17. The molecule has 2 aromatic rings. The van der Waals surface area contributed by atoms with Gasteiger partial charge in [0.1, 0.15) is 0 Å². The maximum Gasteiger partial charge on any atom is 0.251 e. The molecule has 0 unspecified atom stereocenters. The zero-order valence-corrected chi connectivity index (χ0v) is 14.3. The molecule has 1 N–H and O–H groups in total. The van der Waals surface area contributed by atoms with E-state index < -0.39 is 0 Å². The van der Waals surface area contributed by atoms with Crippen molar-refractivity contribution in [3.8, 4) is 0 Å². The Bertz CT molecular complexity index is 662. The fraction of sp³-hybridized carbons (Fsp3) is 0.444. The van der Waals surface area contributed by atoms with Crippen molar-refractivity contribution >= 4 is 17.7 Å². The molecule has 0 aliphatic heterocycles. The fourth-order valence-corrected chi connectivity index (χ4v) is 3.83. The molecule has 0 saturated heterocycles. The van der Waals surface area contributed by atoms with Crippen LogP contribution >= 0.6 is 11.8 Å². The Hall–Kier alpha value is -1.75. The molecule has 1 aliphatic rings. The number of thioether (sulfide) groups is 1. The average Bonchev–Trinajstić information content (AvgIpc) is 2.99. The van der Waals surface area contributed by atoms with E-state index in [1.54, 1.807) is 18.0 Å². The van der Waals surface area contributed by atoms with E-state index in [9.17, 15) is 4.79 Å². The van der Waals surface area contributed by atoms with Crippen LogP contribution in [0.3, 0.4) is 0 Å². The zero-order valence-electron chi connectivity index (χ0n) is 13.5. The number of imidazole rings is 1. The van der Waals surface area contributed by atoms with Gasteiger partial charge in [-0.25, -0.2) is 4.98 Å². The summed E-state index contributed by atoms with van der Waals surface area (Å²) in [5.41, 5.74) is 1.91. The Balaban J connectivity index is 1.60. The number of carbonyl (C=O) groups excluding carboxylic acids is 1. The van der Waals surface area contributed by atoms with Crippen molar-refractivity contribution in [2.45, 2.75) is 49.1 Å². The van der Waals surface area contributed by atoms with Crippen molar-refractivity contribution in [3.05, 3.63) is 47.8 Å². The molecule has 1 saturated carbocycles. The van der Waals surface area contributed by atoms with Gasteiger partial charge in [-0.1, -0.05) is 43.2 Å². The van der Waals surface area contributed by atoms with Crippen molar-refractivity contribution in [3.63, 3.8) is 0 Å². The number of aryl methyl sites for hydroxylation is 1. The maximum absolute atomic E-state index is 12.4. The molecule has 1 heterocycles. The third-order valence-corrected chi connectivity index (χ3v) is 5.40. The van der Waals surface area contributed by atoms with Gasteiger partial charge in [0.15, 0.2) is 5.16 Å². The Morgan fingerprint density at radius 2 is 2.17 bits per heavy atom. The van der Waals surface area contributed by atoms with E-state index in [0.29, 0.717) is 6.04 Å². The lowest BCUT2D eigenvalue weighted by Gasteiger charge is -2.22. The first-order valence-corrected chi connectivity index (χ1v) is 9.21. The van der Waals surface area contributed by atoms with Crippen LogP contribution in [0.1, 0.15) is 48.0 Å². The lowest BCUT2D eigenvalue weighted by Crippen LogP contribution is -2.36. The molecule has 1 aromatic carbocycles. The molecule has 122 valence electrons. The van der Waals surface area contributed by atoms with E-state index in [4.69, 9.17) is 0 Å². The summed E-state index contributed by atoms with van der Waals surface area (Å²) in [5.74, 6) is 0.871. The van der Waals surface area contributed by atoms with Crippen molar-refractivity contribution in [2.24, 2.45) is 7.05 Å².